The summed E-state index contributed by atoms with van der Waals surface area (Å²) in [5.41, 5.74) is 1.54. The summed E-state index contributed by atoms with van der Waals surface area (Å²) in [6, 6.07) is 7.26. The molecule has 0 aromatic heterocycles. The largest absolute Gasteiger partial charge is 0.466 e. The van der Waals surface area contributed by atoms with E-state index in [1.54, 1.807) is 12.1 Å². The molecule has 1 aromatic carbocycles. The summed E-state index contributed by atoms with van der Waals surface area (Å²) in [5.74, 6) is -0.689. The lowest BCUT2D eigenvalue weighted by Crippen LogP contribution is -2.15. The van der Waals surface area contributed by atoms with Crippen LogP contribution < -0.4 is 0 Å². The van der Waals surface area contributed by atoms with Crippen LogP contribution in [-0.4, -0.2) is 25.7 Å². The van der Waals surface area contributed by atoms with E-state index in [0.717, 1.165) is 12.0 Å². The Hall–Kier alpha value is -1.84. The molecule has 0 saturated heterocycles. The Labute approximate surface area is 107 Å². The highest BCUT2D eigenvalue weighted by molar-refractivity contribution is 5.90. The number of methoxy groups -OCH3 is 1. The van der Waals surface area contributed by atoms with Crippen molar-refractivity contribution in [1.82, 2.24) is 0 Å². The Kier molecular flexibility index (Phi) is 5.36. The van der Waals surface area contributed by atoms with Crippen molar-refractivity contribution in [2.45, 2.75) is 26.2 Å². The number of ether oxygens (including phenoxy) is 2. The minimum atomic E-state index is -0.568. The summed E-state index contributed by atoms with van der Waals surface area (Å²) in [6.45, 7) is 3.83. The number of rotatable bonds is 5. The second kappa shape index (κ2) is 6.79. The Morgan fingerprint density at radius 3 is 2.67 bits per heavy atom. The van der Waals surface area contributed by atoms with Crippen LogP contribution in [0.1, 0.15) is 42.1 Å². The first-order chi connectivity index (χ1) is 8.58. The highest BCUT2D eigenvalue weighted by atomic mass is 16.6. The van der Waals surface area contributed by atoms with Crippen LogP contribution in [0.2, 0.25) is 0 Å². The van der Waals surface area contributed by atoms with E-state index in [4.69, 9.17) is 4.74 Å². The topological polar surface area (TPSA) is 52.6 Å². The zero-order valence-corrected chi connectivity index (χ0v) is 10.9. The molecule has 4 nitrogen and oxygen atoms in total. The molecule has 98 valence electrons. The zero-order valence-electron chi connectivity index (χ0n) is 10.9. The first-order valence-electron chi connectivity index (χ1n) is 5.92. The SMILES string of the molecule is CCC(C)c1cccc(C(=O)OCC(=O)OC)c1. The van der Waals surface area contributed by atoms with Crippen LogP contribution in [-0.2, 0) is 14.3 Å². The molecule has 0 saturated carbocycles. The van der Waals surface area contributed by atoms with E-state index in [9.17, 15) is 9.59 Å². The number of carbonyl (C=O) groups is 2. The molecule has 0 spiro atoms. The van der Waals surface area contributed by atoms with E-state index >= 15 is 0 Å². The Morgan fingerprint density at radius 1 is 1.33 bits per heavy atom. The number of benzene rings is 1. The van der Waals surface area contributed by atoms with Crippen molar-refractivity contribution in [3.63, 3.8) is 0 Å². The fourth-order valence-electron chi connectivity index (χ4n) is 1.47. The molecule has 4 heteroatoms. The fourth-order valence-corrected chi connectivity index (χ4v) is 1.47. The van der Waals surface area contributed by atoms with Gasteiger partial charge >= 0.3 is 11.9 Å². The summed E-state index contributed by atoms with van der Waals surface area (Å²) in [4.78, 5) is 22.6. The second-order valence-electron chi connectivity index (χ2n) is 4.09. The molecule has 0 heterocycles. The van der Waals surface area contributed by atoms with Gasteiger partial charge in [0.25, 0.3) is 0 Å². The van der Waals surface area contributed by atoms with Gasteiger partial charge in [-0.25, -0.2) is 9.59 Å². The van der Waals surface area contributed by atoms with Crippen molar-refractivity contribution >= 4 is 11.9 Å². The molecule has 1 aromatic rings. The molecule has 18 heavy (non-hydrogen) atoms. The molecule has 0 aliphatic rings. The van der Waals surface area contributed by atoms with Gasteiger partial charge in [0.05, 0.1) is 12.7 Å². The van der Waals surface area contributed by atoms with Gasteiger partial charge in [-0.2, -0.15) is 0 Å². The normalized spacial score (nSPS) is 11.7. The Morgan fingerprint density at radius 2 is 2.06 bits per heavy atom. The van der Waals surface area contributed by atoms with E-state index in [1.165, 1.54) is 7.11 Å². The van der Waals surface area contributed by atoms with Gasteiger partial charge in [0.1, 0.15) is 0 Å². The standard InChI is InChI=1S/C14H18O4/c1-4-10(2)11-6-5-7-12(8-11)14(16)18-9-13(15)17-3/h5-8,10H,4,9H2,1-3H3. The number of hydrogen-bond donors (Lipinski definition) is 0. The molecule has 1 unspecified atom stereocenters. The van der Waals surface area contributed by atoms with Crippen molar-refractivity contribution in [3.8, 4) is 0 Å². The molecular formula is C14H18O4. The summed E-state index contributed by atoms with van der Waals surface area (Å²) in [6.07, 6.45) is 1.00. The van der Waals surface area contributed by atoms with Crippen LogP contribution in [0.4, 0.5) is 0 Å². The maximum Gasteiger partial charge on any atom is 0.344 e. The van der Waals surface area contributed by atoms with Gasteiger partial charge in [-0.05, 0) is 30.0 Å². The number of esters is 2. The molecule has 0 amide bonds. The van der Waals surface area contributed by atoms with E-state index in [0.29, 0.717) is 11.5 Å². The van der Waals surface area contributed by atoms with Crippen LogP contribution in [0.5, 0.6) is 0 Å². The lowest BCUT2D eigenvalue weighted by molar-refractivity contribution is -0.144. The quantitative estimate of drug-likeness (QED) is 0.753. The van der Waals surface area contributed by atoms with Crippen molar-refractivity contribution in [2.75, 3.05) is 13.7 Å². The first-order valence-corrected chi connectivity index (χ1v) is 5.92. The minimum absolute atomic E-state index is 0.358. The van der Waals surface area contributed by atoms with Gasteiger partial charge in [0.2, 0.25) is 0 Å². The van der Waals surface area contributed by atoms with Crippen molar-refractivity contribution < 1.29 is 19.1 Å². The molecule has 0 bridgehead atoms. The Balaban J connectivity index is 2.71. The summed E-state index contributed by atoms with van der Waals surface area (Å²) in [7, 11) is 1.25. The lowest BCUT2D eigenvalue weighted by atomic mass is 9.97. The second-order valence-corrected chi connectivity index (χ2v) is 4.09. The molecule has 0 aliphatic carbocycles. The van der Waals surface area contributed by atoms with Gasteiger partial charge < -0.3 is 9.47 Å². The molecule has 0 fully saturated rings. The highest BCUT2D eigenvalue weighted by Crippen LogP contribution is 2.19. The van der Waals surface area contributed by atoms with Crippen LogP contribution in [0.25, 0.3) is 0 Å². The van der Waals surface area contributed by atoms with Gasteiger partial charge in [0, 0.05) is 0 Å². The molecule has 0 radical (unpaired) electrons. The van der Waals surface area contributed by atoms with Crippen LogP contribution >= 0.6 is 0 Å². The third kappa shape index (κ3) is 3.87. The maximum atomic E-state index is 11.7. The number of carbonyl (C=O) groups excluding carboxylic acids is 2. The van der Waals surface area contributed by atoms with E-state index < -0.39 is 11.9 Å². The van der Waals surface area contributed by atoms with Gasteiger partial charge in [-0.1, -0.05) is 26.0 Å². The van der Waals surface area contributed by atoms with E-state index in [2.05, 4.69) is 18.6 Å². The molecule has 1 atom stereocenters. The predicted octanol–water partition coefficient (Wildman–Crippen LogP) is 2.53. The molecule has 0 N–H and O–H groups in total. The zero-order chi connectivity index (χ0) is 13.5. The highest BCUT2D eigenvalue weighted by Gasteiger charge is 2.12. The monoisotopic (exact) mass is 250 g/mol. The van der Waals surface area contributed by atoms with Crippen molar-refractivity contribution in [2.24, 2.45) is 0 Å². The summed E-state index contributed by atoms with van der Waals surface area (Å²) >= 11 is 0. The van der Waals surface area contributed by atoms with Crippen LogP contribution in [0.15, 0.2) is 24.3 Å². The molecule has 1 rings (SSSR count). The van der Waals surface area contributed by atoms with Gasteiger partial charge in [-0.3, -0.25) is 0 Å². The van der Waals surface area contributed by atoms with Crippen LogP contribution in [0.3, 0.4) is 0 Å². The van der Waals surface area contributed by atoms with E-state index in [1.807, 2.05) is 12.1 Å². The van der Waals surface area contributed by atoms with Gasteiger partial charge in [-0.15, -0.1) is 0 Å². The third-order valence-corrected chi connectivity index (χ3v) is 2.85. The smallest absolute Gasteiger partial charge is 0.344 e. The van der Waals surface area contributed by atoms with Crippen molar-refractivity contribution in [1.29, 1.82) is 0 Å². The molecule has 0 aliphatic heterocycles. The maximum absolute atomic E-state index is 11.7. The number of hydrogen-bond acceptors (Lipinski definition) is 4. The summed E-state index contributed by atoms with van der Waals surface area (Å²) in [5, 5.41) is 0. The lowest BCUT2D eigenvalue weighted by Gasteiger charge is -2.10. The van der Waals surface area contributed by atoms with Crippen LogP contribution in [0, 0.1) is 0 Å². The van der Waals surface area contributed by atoms with E-state index in [-0.39, 0.29) is 6.61 Å². The fraction of sp³-hybridized carbons (Fsp3) is 0.429. The minimum Gasteiger partial charge on any atom is -0.466 e. The third-order valence-electron chi connectivity index (χ3n) is 2.85. The predicted molar refractivity (Wildman–Crippen MR) is 67.4 cm³/mol. The van der Waals surface area contributed by atoms with Gasteiger partial charge in [0.15, 0.2) is 6.61 Å². The first kappa shape index (κ1) is 14.2. The summed E-state index contributed by atoms with van der Waals surface area (Å²) < 4.78 is 9.24. The average molecular weight is 250 g/mol. The van der Waals surface area contributed by atoms with Crippen molar-refractivity contribution in [3.05, 3.63) is 35.4 Å². The molecular weight excluding hydrogens is 232 g/mol. The average Bonchev–Trinajstić information content (AvgIpc) is 2.43. The Bertz CT molecular complexity index is 426.